The second-order valence-corrected chi connectivity index (χ2v) is 6.85. The van der Waals surface area contributed by atoms with Gasteiger partial charge in [0.2, 0.25) is 0 Å². The molecule has 0 aliphatic carbocycles. The molecule has 0 aliphatic rings. The fraction of sp³-hybridized carbons (Fsp3) is 0.267. The molecule has 114 valence electrons. The van der Waals surface area contributed by atoms with Crippen LogP contribution < -0.4 is 0 Å². The molecule has 0 spiro atoms. The zero-order valence-corrected chi connectivity index (χ0v) is 14.2. The second-order valence-electron chi connectivity index (χ2n) is 4.98. The van der Waals surface area contributed by atoms with Gasteiger partial charge in [-0.25, -0.2) is 4.98 Å². The average Bonchev–Trinajstić information content (AvgIpc) is 3.25. The van der Waals surface area contributed by atoms with Crippen molar-refractivity contribution < 1.29 is 4.79 Å². The molecule has 1 amide bonds. The number of nitrogens with zero attached hydrogens (tertiary/aromatic N) is 4. The van der Waals surface area contributed by atoms with Crippen LogP contribution in [0.5, 0.6) is 0 Å². The lowest BCUT2D eigenvalue weighted by Crippen LogP contribution is -2.31. The Hall–Kier alpha value is -1.99. The number of hydrogen-bond donors (Lipinski definition) is 0. The highest BCUT2D eigenvalue weighted by Gasteiger charge is 2.24. The number of carbonyl (C=O) groups excluding carboxylic acids is 1. The molecule has 7 heteroatoms. The summed E-state index contributed by atoms with van der Waals surface area (Å²) in [6, 6.07) is 5.77. The van der Waals surface area contributed by atoms with Crippen LogP contribution in [0.2, 0.25) is 0 Å². The third-order valence-electron chi connectivity index (χ3n) is 3.58. The summed E-state index contributed by atoms with van der Waals surface area (Å²) < 4.78 is 1.64. The topological polar surface area (TPSA) is 51.0 Å². The SMILES string of the molecule is CC(c1nccs1)N(C)C(=O)c1cc(-c2cccs2)nn1C. The van der Waals surface area contributed by atoms with Crippen LogP contribution in [0.1, 0.15) is 28.5 Å². The standard InChI is InChI=1S/C15H16N4OS2/c1-10(14-16-6-8-22-14)18(2)15(20)12-9-11(17-19(12)3)13-5-4-7-21-13/h4-10H,1-3H3. The number of aromatic nitrogens is 3. The van der Waals surface area contributed by atoms with Crippen LogP contribution in [0.25, 0.3) is 10.6 Å². The number of hydrogen-bond acceptors (Lipinski definition) is 5. The van der Waals surface area contributed by atoms with Gasteiger partial charge < -0.3 is 4.90 Å². The molecule has 0 radical (unpaired) electrons. The molecule has 0 saturated heterocycles. The van der Waals surface area contributed by atoms with E-state index in [0.29, 0.717) is 5.69 Å². The molecule has 3 rings (SSSR count). The third kappa shape index (κ3) is 2.69. The molecule has 3 aromatic rings. The zero-order valence-electron chi connectivity index (χ0n) is 12.6. The summed E-state index contributed by atoms with van der Waals surface area (Å²) in [5.41, 5.74) is 1.41. The molecule has 3 heterocycles. The molecule has 0 fully saturated rings. The number of amides is 1. The first-order valence-electron chi connectivity index (χ1n) is 6.82. The van der Waals surface area contributed by atoms with Crippen LogP contribution in [0.4, 0.5) is 0 Å². The summed E-state index contributed by atoms with van der Waals surface area (Å²) in [5.74, 6) is -0.0551. The Balaban J connectivity index is 1.86. The van der Waals surface area contributed by atoms with Gasteiger partial charge in [-0.05, 0) is 24.4 Å². The lowest BCUT2D eigenvalue weighted by molar-refractivity contribution is 0.0731. The summed E-state index contributed by atoms with van der Waals surface area (Å²) in [4.78, 5) is 19.8. The minimum atomic E-state index is -0.0624. The molecular weight excluding hydrogens is 316 g/mol. The van der Waals surface area contributed by atoms with E-state index in [9.17, 15) is 4.79 Å². The van der Waals surface area contributed by atoms with E-state index in [-0.39, 0.29) is 11.9 Å². The Labute approximate surface area is 136 Å². The van der Waals surface area contributed by atoms with Crippen LogP contribution in [0.3, 0.4) is 0 Å². The van der Waals surface area contributed by atoms with E-state index in [0.717, 1.165) is 15.6 Å². The van der Waals surface area contributed by atoms with Crippen molar-refractivity contribution >= 4 is 28.6 Å². The maximum absolute atomic E-state index is 12.7. The largest absolute Gasteiger partial charge is 0.331 e. The van der Waals surface area contributed by atoms with Crippen molar-refractivity contribution in [1.82, 2.24) is 19.7 Å². The monoisotopic (exact) mass is 332 g/mol. The van der Waals surface area contributed by atoms with Gasteiger partial charge in [-0.1, -0.05) is 6.07 Å². The van der Waals surface area contributed by atoms with Gasteiger partial charge in [-0.3, -0.25) is 9.48 Å². The first kappa shape index (κ1) is 14.9. The van der Waals surface area contributed by atoms with Gasteiger partial charge in [-0.15, -0.1) is 22.7 Å². The van der Waals surface area contributed by atoms with Crippen LogP contribution in [-0.2, 0) is 7.05 Å². The fourth-order valence-corrected chi connectivity index (χ4v) is 3.59. The van der Waals surface area contributed by atoms with Crippen LogP contribution >= 0.6 is 22.7 Å². The van der Waals surface area contributed by atoms with Crippen molar-refractivity contribution in [3.63, 3.8) is 0 Å². The van der Waals surface area contributed by atoms with E-state index in [4.69, 9.17) is 0 Å². The summed E-state index contributed by atoms with van der Waals surface area (Å²) in [5, 5.41) is 9.29. The summed E-state index contributed by atoms with van der Waals surface area (Å²) in [6.45, 7) is 1.98. The summed E-state index contributed by atoms with van der Waals surface area (Å²) >= 11 is 3.17. The van der Waals surface area contributed by atoms with E-state index in [2.05, 4.69) is 10.1 Å². The van der Waals surface area contributed by atoms with E-state index in [1.54, 1.807) is 52.5 Å². The Bertz CT molecular complexity index is 762. The highest BCUT2D eigenvalue weighted by molar-refractivity contribution is 7.13. The van der Waals surface area contributed by atoms with Gasteiger partial charge in [0.05, 0.1) is 10.9 Å². The molecule has 1 atom stereocenters. The second kappa shape index (κ2) is 6.02. The minimum Gasteiger partial charge on any atom is -0.331 e. The molecule has 0 aliphatic heterocycles. The third-order valence-corrected chi connectivity index (χ3v) is 5.42. The highest BCUT2D eigenvalue weighted by Crippen LogP contribution is 2.26. The maximum atomic E-state index is 12.7. The Kier molecular flexibility index (Phi) is 4.08. The fourth-order valence-electron chi connectivity index (χ4n) is 2.18. The van der Waals surface area contributed by atoms with E-state index in [1.165, 1.54) is 0 Å². The molecule has 3 aromatic heterocycles. The Morgan fingerprint density at radius 2 is 2.18 bits per heavy atom. The van der Waals surface area contributed by atoms with Crippen molar-refractivity contribution in [3.05, 3.63) is 45.9 Å². The minimum absolute atomic E-state index is 0.0551. The number of rotatable bonds is 4. The van der Waals surface area contributed by atoms with Crippen molar-refractivity contribution in [2.24, 2.45) is 7.05 Å². The van der Waals surface area contributed by atoms with Gasteiger partial charge in [-0.2, -0.15) is 5.10 Å². The van der Waals surface area contributed by atoms with E-state index >= 15 is 0 Å². The average molecular weight is 332 g/mol. The molecule has 0 saturated carbocycles. The smallest absolute Gasteiger partial charge is 0.272 e. The summed E-state index contributed by atoms with van der Waals surface area (Å²) in [6.07, 6.45) is 1.76. The van der Waals surface area contributed by atoms with Crippen LogP contribution in [0.15, 0.2) is 35.2 Å². The molecule has 5 nitrogen and oxygen atoms in total. The van der Waals surface area contributed by atoms with Crippen molar-refractivity contribution in [2.75, 3.05) is 7.05 Å². The number of thiazole rings is 1. The van der Waals surface area contributed by atoms with Crippen molar-refractivity contribution in [1.29, 1.82) is 0 Å². The van der Waals surface area contributed by atoms with E-state index < -0.39 is 0 Å². The van der Waals surface area contributed by atoms with E-state index in [1.807, 2.05) is 35.9 Å². The van der Waals surface area contributed by atoms with Crippen molar-refractivity contribution in [3.8, 4) is 10.6 Å². The summed E-state index contributed by atoms with van der Waals surface area (Å²) in [7, 11) is 3.60. The number of thiophene rings is 1. The van der Waals surface area contributed by atoms with Gasteiger partial charge in [0.1, 0.15) is 16.4 Å². The predicted octanol–water partition coefficient (Wildman–Crippen LogP) is 3.44. The molecule has 0 aromatic carbocycles. The number of carbonyl (C=O) groups is 1. The molecular formula is C15H16N4OS2. The first-order chi connectivity index (χ1) is 10.6. The zero-order chi connectivity index (χ0) is 15.7. The normalized spacial score (nSPS) is 12.3. The van der Waals surface area contributed by atoms with Gasteiger partial charge >= 0.3 is 0 Å². The van der Waals surface area contributed by atoms with Crippen LogP contribution in [-0.4, -0.2) is 32.6 Å². The maximum Gasteiger partial charge on any atom is 0.272 e. The molecule has 1 unspecified atom stereocenters. The number of aryl methyl sites for hydroxylation is 1. The quantitative estimate of drug-likeness (QED) is 0.735. The van der Waals surface area contributed by atoms with Gasteiger partial charge in [0.15, 0.2) is 0 Å². The first-order valence-corrected chi connectivity index (χ1v) is 8.58. The highest BCUT2D eigenvalue weighted by atomic mass is 32.1. The Morgan fingerprint density at radius 3 is 2.82 bits per heavy atom. The van der Waals surface area contributed by atoms with Crippen molar-refractivity contribution in [2.45, 2.75) is 13.0 Å². The lowest BCUT2D eigenvalue weighted by Gasteiger charge is -2.23. The van der Waals surface area contributed by atoms with Crippen LogP contribution in [0, 0.1) is 0 Å². The van der Waals surface area contributed by atoms with Gasteiger partial charge in [0, 0.05) is 25.7 Å². The lowest BCUT2D eigenvalue weighted by atomic mass is 10.2. The molecule has 0 N–H and O–H groups in total. The van der Waals surface area contributed by atoms with Gasteiger partial charge in [0.25, 0.3) is 5.91 Å². The predicted molar refractivity (Wildman–Crippen MR) is 89.1 cm³/mol. The Morgan fingerprint density at radius 1 is 1.36 bits per heavy atom. The molecule has 22 heavy (non-hydrogen) atoms. The molecule has 0 bridgehead atoms.